The van der Waals surface area contributed by atoms with Crippen LogP contribution in [0.15, 0.2) is 24.3 Å². The molecular formula is C24H37N3O4. The van der Waals surface area contributed by atoms with Crippen LogP contribution in [0.2, 0.25) is 0 Å². The van der Waals surface area contributed by atoms with Crippen LogP contribution in [0.5, 0.6) is 0 Å². The van der Waals surface area contributed by atoms with Crippen LogP contribution in [-0.2, 0) is 14.3 Å². The molecule has 0 bridgehead atoms. The van der Waals surface area contributed by atoms with Gasteiger partial charge >= 0.3 is 6.09 Å². The second-order valence-electron chi connectivity index (χ2n) is 9.87. The van der Waals surface area contributed by atoms with E-state index in [1.54, 1.807) is 32.6 Å². The standard InChI is InChI=1S/C24H37N3O4/c1-14(2)25-21(28)20(18-11-9-10-15(3)12-18)27(19-13-16(19)4)22(29)17(5)26-23(30)31-24(6,7)8/h9-12,14,16-17,19-20H,13H2,1-8H3,(H,25,28)(H,26,30). The number of amides is 3. The summed E-state index contributed by atoms with van der Waals surface area (Å²) in [5.74, 6) is -0.236. The second kappa shape index (κ2) is 9.71. The molecule has 0 aromatic heterocycles. The van der Waals surface area contributed by atoms with Gasteiger partial charge in [0.15, 0.2) is 0 Å². The van der Waals surface area contributed by atoms with Gasteiger partial charge in [0.1, 0.15) is 17.7 Å². The van der Waals surface area contributed by atoms with Gasteiger partial charge in [0.2, 0.25) is 11.8 Å². The molecule has 0 saturated heterocycles. The van der Waals surface area contributed by atoms with E-state index in [1.165, 1.54) is 0 Å². The number of benzene rings is 1. The van der Waals surface area contributed by atoms with E-state index in [-0.39, 0.29) is 29.8 Å². The van der Waals surface area contributed by atoms with Crippen molar-refractivity contribution in [2.45, 2.75) is 91.6 Å². The molecule has 1 fully saturated rings. The molecule has 31 heavy (non-hydrogen) atoms. The Morgan fingerprint density at radius 3 is 2.23 bits per heavy atom. The number of rotatable bonds is 7. The maximum Gasteiger partial charge on any atom is 0.408 e. The Kier molecular flexibility index (Phi) is 7.73. The van der Waals surface area contributed by atoms with Crippen molar-refractivity contribution >= 4 is 17.9 Å². The van der Waals surface area contributed by atoms with Gasteiger partial charge < -0.3 is 20.3 Å². The summed E-state index contributed by atoms with van der Waals surface area (Å²) >= 11 is 0. The van der Waals surface area contributed by atoms with Gasteiger partial charge in [0.25, 0.3) is 0 Å². The van der Waals surface area contributed by atoms with Gasteiger partial charge in [0, 0.05) is 12.1 Å². The molecule has 4 unspecified atom stereocenters. The lowest BCUT2D eigenvalue weighted by molar-refractivity contribution is -0.143. The number of nitrogens with one attached hydrogen (secondary N) is 2. The third-order valence-corrected chi connectivity index (χ3v) is 5.10. The van der Waals surface area contributed by atoms with Crippen LogP contribution in [0.3, 0.4) is 0 Å². The number of alkyl carbamates (subject to hydrolysis) is 1. The van der Waals surface area contributed by atoms with Crippen molar-refractivity contribution in [1.29, 1.82) is 0 Å². The highest BCUT2D eigenvalue weighted by Gasteiger charge is 2.47. The van der Waals surface area contributed by atoms with E-state index in [1.807, 2.05) is 45.0 Å². The minimum Gasteiger partial charge on any atom is -0.444 e. The summed E-state index contributed by atoms with van der Waals surface area (Å²) in [7, 11) is 0. The summed E-state index contributed by atoms with van der Waals surface area (Å²) in [5.41, 5.74) is 1.10. The first-order valence-corrected chi connectivity index (χ1v) is 11.0. The molecule has 1 aliphatic carbocycles. The van der Waals surface area contributed by atoms with Crippen molar-refractivity contribution in [2.75, 3.05) is 0 Å². The predicted molar refractivity (Wildman–Crippen MR) is 120 cm³/mol. The van der Waals surface area contributed by atoms with E-state index in [0.29, 0.717) is 0 Å². The molecule has 1 saturated carbocycles. The van der Waals surface area contributed by atoms with Gasteiger partial charge in [-0.2, -0.15) is 0 Å². The molecular weight excluding hydrogens is 394 g/mol. The molecule has 0 aliphatic heterocycles. The first-order chi connectivity index (χ1) is 14.3. The Hall–Kier alpha value is -2.57. The van der Waals surface area contributed by atoms with Crippen molar-refractivity contribution in [3.63, 3.8) is 0 Å². The molecule has 7 nitrogen and oxygen atoms in total. The van der Waals surface area contributed by atoms with Crippen molar-refractivity contribution in [3.05, 3.63) is 35.4 Å². The summed E-state index contributed by atoms with van der Waals surface area (Å²) in [6.45, 7) is 14.7. The summed E-state index contributed by atoms with van der Waals surface area (Å²) in [5, 5.41) is 5.59. The highest BCUT2D eigenvalue weighted by molar-refractivity contribution is 5.92. The van der Waals surface area contributed by atoms with Crippen LogP contribution in [-0.4, -0.2) is 46.5 Å². The van der Waals surface area contributed by atoms with Gasteiger partial charge in [0.05, 0.1) is 0 Å². The maximum atomic E-state index is 13.5. The highest BCUT2D eigenvalue weighted by atomic mass is 16.6. The van der Waals surface area contributed by atoms with Gasteiger partial charge in [-0.05, 0) is 66.4 Å². The van der Waals surface area contributed by atoms with E-state index in [9.17, 15) is 14.4 Å². The Labute approximate surface area is 185 Å². The molecule has 172 valence electrons. The van der Waals surface area contributed by atoms with E-state index >= 15 is 0 Å². The van der Waals surface area contributed by atoms with Gasteiger partial charge in [-0.3, -0.25) is 9.59 Å². The number of aryl methyl sites for hydroxylation is 1. The number of nitrogens with zero attached hydrogens (tertiary/aromatic N) is 1. The quantitative estimate of drug-likeness (QED) is 0.689. The summed E-state index contributed by atoms with van der Waals surface area (Å²) in [6.07, 6.45) is 0.165. The zero-order chi connectivity index (χ0) is 23.5. The monoisotopic (exact) mass is 431 g/mol. The van der Waals surface area contributed by atoms with Gasteiger partial charge in [-0.1, -0.05) is 36.8 Å². The topological polar surface area (TPSA) is 87.7 Å². The lowest BCUT2D eigenvalue weighted by atomic mass is 10.0. The smallest absolute Gasteiger partial charge is 0.408 e. The lowest BCUT2D eigenvalue weighted by Gasteiger charge is -2.34. The highest BCUT2D eigenvalue weighted by Crippen LogP contribution is 2.40. The SMILES string of the molecule is Cc1cccc(C(C(=O)NC(C)C)N(C(=O)C(C)NC(=O)OC(C)(C)C)C2CC2C)c1. The minimum atomic E-state index is -0.832. The van der Waals surface area contributed by atoms with Crippen molar-refractivity contribution < 1.29 is 19.1 Å². The van der Waals surface area contributed by atoms with Crippen molar-refractivity contribution in [3.8, 4) is 0 Å². The fourth-order valence-electron chi connectivity index (χ4n) is 3.58. The number of ether oxygens (including phenoxy) is 1. The molecule has 1 aliphatic rings. The van der Waals surface area contributed by atoms with Crippen LogP contribution in [0, 0.1) is 12.8 Å². The molecule has 0 spiro atoms. The Balaban J connectivity index is 2.36. The second-order valence-corrected chi connectivity index (χ2v) is 9.87. The fourth-order valence-corrected chi connectivity index (χ4v) is 3.58. The number of carbonyl (C=O) groups excluding carboxylic acids is 3. The molecule has 2 N–H and O–H groups in total. The Morgan fingerprint density at radius 1 is 1.13 bits per heavy atom. The molecule has 3 amide bonds. The first-order valence-electron chi connectivity index (χ1n) is 11.0. The summed E-state index contributed by atoms with van der Waals surface area (Å²) in [4.78, 5) is 40.7. The number of hydrogen-bond donors (Lipinski definition) is 2. The predicted octanol–water partition coefficient (Wildman–Crippen LogP) is 3.71. The fraction of sp³-hybridized carbons (Fsp3) is 0.625. The number of hydrogen-bond acceptors (Lipinski definition) is 4. The minimum absolute atomic E-state index is 0.0567. The average molecular weight is 432 g/mol. The van der Waals surface area contributed by atoms with E-state index in [2.05, 4.69) is 17.6 Å². The molecule has 1 aromatic carbocycles. The molecule has 7 heteroatoms. The third-order valence-electron chi connectivity index (χ3n) is 5.10. The Morgan fingerprint density at radius 2 is 1.74 bits per heavy atom. The average Bonchev–Trinajstić information content (AvgIpc) is 3.32. The van der Waals surface area contributed by atoms with Gasteiger partial charge in [-0.25, -0.2) is 4.79 Å². The van der Waals surface area contributed by atoms with Crippen molar-refractivity contribution in [1.82, 2.24) is 15.5 Å². The van der Waals surface area contributed by atoms with Crippen LogP contribution >= 0.6 is 0 Å². The zero-order valence-corrected chi connectivity index (χ0v) is 20.0. The normalized spacial score (nSPS) is 19.9. The molecule has 4 atom stereocenters. The van der Waals surface area contributed by atoms with Crippen LogP contribution < -0.4 is 10.6 Å². The molecule has 2 rings (SSSR count). The van der Waals surface area contributed by atoms with E-state index in [4.69, 9.17) is 4.74 Å². The first kappa shape index (κ1) is 24.7. The van der Waals surface area contributed by atoms with Crippen LogP contribution in [0.25, 0.3) is 0 Å². The Bertz CT molecular complexity index is 815. The lowest BCUT2D eigenvalue weighted by Crippen LogP contribution is -2.53. The van der Waals surface area contributed by atoms with E-state index in [0.717, 1.165) is 17.5 Å². The zero-order valence-electron chi connectivity index (χ0n) is 20.0. The van der Waals surface area contributed by atoms with E-state index < -0.39 is 23.8 Å². The summed E-state index contributed by atoms with van der Waals surface area (Å²) < 4.78 is 5.30. The van der Waals surface area contributed by atoms with Crippen LogP contribution in [0.1, 0.15) is 72.1 Å². The summed E-state index contributed by atoms with van der Waals surface area (Å²) in [6, 6.07) is 5.93. The van der Waals surface area contributed by atoms with Crippen molar-refractivity contribution in [2.24, 2.45) is 5.92 Å². The van der Waals surface area contributed by atoms with Gasteiger partial charge in [-0.15, -0.1) is 0 Å². The third kappa shape index (κ3) is 6.97. The number of carbonyl (C=O) groups is 3. The maximum absolute atomic E-state index is 13.5. The molecule has 0 heterocycles. The molecule has 0 radical (unpaired) electrons. The molecule has 1 aromatic rings. The largest absolute Gasteiger partial charge is 0.444 e. The van der Waals surface area contributed by atoms with Crippen LogP contribution in [0.4, 0.5) is 4.79 Å².